The highest BCUT2D eigenvalue weighted by atomic mass is 16.6. The van der Waals surface area contributed by atoms with Crippen molar-refractivity contribution in [3.05, 3.63) is 81.4 Å². The van der Waals surface area contributed by atoms with Crippen LogP contribution in [0, 0.1) is 16.0 Å². The molecule has 0 bridgehead atoms. The average molecular weight is 408 g/mol. The molecule has 0 N–H and O–H groups in total. The smallest absolute Gasteiger partial charge is 0.421 e. The lowest BCUT2D eigenvalue weighted by molar-refractivity contribution is -0.484. The quantitative estimate of drug-likeness (QED) is 0.394. The Morgan fingerprint density at radius 2 is 1.77 bits per heavy atom. The molecule has 0 radical (unpaired) electrons. The van der Waals surface area contributed by atoms with E-state index >= 15 is 0 Å². The van der Waals surface area contributed by atoms with Crippen LogP contribution >= 0.6 is 0 Å². The third-order valence-electron chi connectivity index (χ3n) is 5.62. The van der Waals surface area contributed by atoms with Crippen LogP contribution in [0.15, 0.2) is 60.2 Å². The number of anilines is 1. The molecule has 0 spiro atoms. The van der Waals surface area contributed by atoms with Gasteiger partial charge >= 0.3 is 6.09 Å². The van der Waals surface area contributed by atoms with Gasteiger partial charge in [-0.25, -0.2) is 9.69 Å². The highest BCUT2D eigenvalue weighted by molar-refractivity contribution is 6.39. The van der Waals surface area contributed by atoms with Crippen molar-refractivity contribution < 1.29 is 19.2 Å². The van der Waals surface area contributed by atoms with Crippen LogP contribution in [0.3, 0.4) is 0 Å². The number of rotatable bonds is 6. The molecule has 0 fully saturated rings. The van der Waals surface area contributed by atoms with Gasteiger partial charge < -0.3 is 4.74 Å². The van der Waals surface area contributed by atoms with Gasteiger partial charge in [-0.15, -0.1) is 0 Å². The lowest BCUT2D eigenvalue weighted by Crippen LogP contribution is -2.33. The molecule has 2 aromatic rings. The predicted molar refractivity (Wildman–Crippen MR) is 114 cm³/mol. The molecule has 1 aliphatic heterocycles. The number of para-hydroxylation sites is 1. The van der Waals surface area contributed by atoms with E-state index in [1.165, 1.54) is 7.11 Å². The molecule has 2 amide bonds. The van der Waals surface area contributed by atoms with E-state index in [4.69, 9.17) is 4.74 Å². The van der Waals surface area contributed by atoms with Crippen molar-refractivity contribution in [2.45, 2.75) is 26.2 Å². The minimum Gasteiger partial charge on any atom is -0.452 e. The highest BCUT2D eigenvalue weighted by Gasteiger charge is 2.40. The Kier molecular flexibility index (Phi) is 6.30. The number of amides is 2. The minimum atomic E-state index is -0.754. The molecule has 2 aromatic carbocycles. The zero-order valence-electron chi connectivity index (χ0n) is 17.2. The first-order chi connectivity index (χ1) is 14.4. The first kappa shape index (κ1) is 21.2. The summed E-state index contributed by atoms with van der Waals surface area (Å²) in [6, 6.07) is 16.3. The van der Waals surface area contributed by atoms with Crippen LogP contribution in [-0.4, -0.2) is 30.6 Å². The van der Waals surface area contributed by atoms with E-state index in [0.29, 0.717) is 23.2 Å². The fourth-order valence-electron chi connectivity index (χ4n) is 4.18. The summed E-state index contributed by atoms with van der Waals surface area (Å²) in [5.74, 6) is -1.15. The van der Waals surface area contributed by atoms with E-state index in [0.717, 1.165) is 16.0 Å². The molecule has 0 aromatic heterocycles. The predicted octanol–water partition coefficient (Wildman–Crippen LogP) is 4.66. The Labute approximate surface area is 175 Å². The molecule has 0 unspecified atom stereocenters. The number of methoxy groups -OCH3 is 1. The van der Waals surface area contributed by atoms with Crippen molar-refractivity contribution in [1.29, 1.82) is 0 Å². The summed E-state index contributed by atoms with van der Waals surface area (Å²) >= 11 is 0. The van der Waals surface area contributed by atoms with Gasteiger partial charge in [-0.3, -0.25) is 14.9 Å². The van der Waals surface area contributed by atoms with Crippen molar-refractivity contribution in [1.82, 2.24) is 0 Å². The lowest BCUT2D eigenvalue weighted by Gasteiger charge is -2.25. The monoisotopic (exact) mass is 408 g/mol. The number of ether oxygens (including phenoxy) is 1. The zero-order chi connectivity index (χ0) is 21.8. The average Bonchev–Trinajstić information content (AvgIpc) is 3.04. The number of hydrogen-bond acceptors (Lipinski definition) is 5. The van der Waals surface area contributed by atoms with Gasteiger partial charge in [-0.05, 0) is 24.0 Å². The molecule has 7 heteroatoms. The van der Waals surface area contributed by atoms with Gasteiger partial charge in [0.15, 0.2) is 0 Å². The second kappa shape index (κ2) is 8.90. The third-order valence-corrected chi connectivity index (χ3v) is 5.62. The first-order valence-corrected chi connectivity index (χ1v) is 9.82. The molecule has 2 atom stereocenters. The number of nitrogens with zero attached hydrogens (tertiary/aromatic N) is 2. The van der Waals surface area contributed by atoms with Crippen molar-refractivity contribution in [2.24, 2.45) is 5.92 Å². The minimum absolute atomic E-state index is 0.251. The number of hydrogen-bond donors (Lipinski definition) is 0. The van der Waals surface area contributed by atoms with Crippen LogP contribution in [0.4, 0.5) is 10.5 Å². The van der Waals surface area contributed by atoms with E-state index < -0.39 is 17.9 Å². The third kappa shape index (κ3) is 3.83. The summed E-state index contributed by atoms with van der Waals surface area (Å²) in [7, 11) is 1.23. The molecule has 156 valence electrons. The van der Waals surface area contributed by atoms with E-state index in [9.17, 15) is 19.7 Å². The maximum absolute atomic E-state index is 13.3. The van der Waals surface area contributed by atoms with Gasteiger partial charge in [0.25, 0.3) is 5.91 Å². The summed E-state index contributed by atoms with van der Waals surface area (Å²) in [4.78, 5) is 37.7. The Morgan fingerprint density at radius 3 is 2.37 bits per heavy atom. The van der Waals surface area contributed by atoms with Gasteiger partial charge in [0.05, 0.1) is 18.7 Å². The van der Waals surface area contributed by atoms with Crippen LogP contribution in [0.2, 0.25) is 0 Å². The van der Waals surface area contributed by atoms with Crippen LogP contribution in [0.1, 0.15) is 37.3 Å². The topological polar surface area (TPSA) is 89.8 Å². The van der Waals surface area contributed by atoms with E-state index in [1.54, 1.807) is 24.3 Å². The molecular weight excluding hydrogens is 384 g/mol. The van der Waals surface area contributed by atoms with Gasteiger partial charge in [-0.2, -0.15) is 0 Å². The van der Waals surface area contributed by atoms with Gasteiger partial charge in [0.1, 0.15) is 0 Å². The molecule has 3 rings (SSSR count). The summed E-state index contributed by atoms with van der Waals surface area (Å²) in [5, 5.41) is 11.4. The van der Waals surface area contributed by atoms with E-state index in [-0.39, 0.29) is 17.4 Å². The first-order valence-electron chi connectivity index (χ1n) is 9.82. The molecular formula is C23H24N2O5. The number of carbonyl (C=O) groups excluding carboxylic acids is 2. The molecule has 7 nitrogen and oxygen atoms in total. The summed E-state index contributed by atoms with van der Waals surface area (Å²) in [6.07, 6.45) is -0.234. The Hall–Kier alpha value is -3.48. The summed E-state index contributed by atoms with van der Waals surface area (Å²) in [5.41, 5.74) is 3.17. The molecule has 0 aliphatic carbocycles. The van der Waals surface area contributed by atoms with Crippen molar-refractivity contribution in [3.8, 4) is 0 Å². The number of carbonyl (C=O) groups is 2. The number of allylic oxidation sites excluding steroid dienone is 1. The fourth-order valence-corrected chi connectivity index (χ4v) is 4.18. The number of fused-ring (bicyclic) bond motifs is 1. The van der Waals surface area contributed by atoms with E-state index in [1.807, 2.05) is 44.2 Å². The summed E-state index contributed by atoms with van der Waals surface area (Å²) in [6.45, 7) is 3.58. The Balaban J connectivity index is 2.15. The van der Waals surface area contributed by atoms with Gasteiger partial charge in [-0.1, -0.05) is 68.0 Å². The molecule has 30 heavy (non-hydrogen) atoms. The summed E-state index contributed by atoms with van der Waals surface area (Å²) < 4.78 is 4.81. The zero-order valence-corrected chi connectivity index (χ0v) is 17.2. The normalized spacial score (nSPS) is 16.6. The van der Waals surface area contributed by atoms with Crippen molar-refractivity contribution >= 4 is 23.3 Å². The van der Waals surface area contributed by atoms with Crippen LogP contribution in [0.25, 0.3) is 5.57 Å². The Bertz CT molecular complexity index is 1000. The highest BCUT2D eigenvalue weighted by Crippen LogP contribution is 2.43. The number of imide groups is 1. The van der Waals surface area contributed by atoms with Crippen LogP contribution in [-0.2, 0) is 9.53 Å². The Morgan fingerprint density at radius 1 is 1.13 bits per heavy atom. The second-order valence-electron chi connectivity index (χ2n) is 7.20. The lowest BCUT2D eigenvalue weighted by atomic mass is 9.78. The van der Waals surface area contributed by atoms with E-state index in [2.05, 4.69) is 0 Å². The molecule has 0 saturated carbocycles. The number of benzene rings is 2. The number of nitro groups is 1. The molecule has 1 heterocycles. The fraction of sp³-hybridized carbons (Fsp3) is 0.304. The maximum atomic E-state index is 13.3. The van der Waals surface area contributed by atoms with Crippen molar-refractivity contribution in [3.63, 3.8) is 0 Å². The van der Waals surface area contributed by atoms with Crippen molar-refractivity contribution in [2.75, 3.05) is 18.6 Å². The molecule has 1 aliphatic rings. The maximum Gasteiger partial charge on any atom is 0.421 e. The molecule has 0 saturated heterocycles. The second-order valence-corrected chi connectivity index (χ2v) is 7.20. The van der Waals surface area contributed by atoms with Gasteiger partial charge in [0.2, 0.25) is 6.54 Å². The standard InChI is InChI=1S/C23H24N2O5/c1-4-17(15(2)19(14-24(28)29)16-10-6-5-7-11-16)21-18-12-8-9-13-20(18)25(22(21)26)23(27)30-3/h5-13,15,19H,4,14H2,1-3H3/b21-17+/t15-,19+/m0/s1. The SMILES string of the molecule is CC/C(=C1\C(=O)N(C(=O)OC)c2ccccc21)[C@H](C)[C@@H](C[N+](=O)[O-])c1ccccc1. The van der Waals surface area contributed by atoms with Crippen LogP contribution in [0.5, 0.6) is 0 Å². The largest absolute Gasteiger partial charge is 0.452 e. The van der Waals surface area contributed by atoms with Gasteiger partial charge in [0, 0.05) is 16.1 Å². The van der Waals surface area contributed by atoms with Crippen LogP contribution < -0.4 is 4.90 Å².